The highest BCUT2D eigenvalue weighted by atomic mass is 35.5. The molecule has 45 heavy (non-hydrogen) atoms. The van der Waals surface area contributed by atoms with Crippen molar-refractivity contribution in [2.45, 2.75) is 81.6 Å². The monoisotopic (exact) mass is 677 g/mol. The van der Waals surface area contributed by atoms with Crippen molar-refractivity contribution in [1.82, 2.24) is 14.7 Å². The number of carbonyl (C=O) groups excluding carboxylic acids is 1. The maximum Gasteiger partial charge on any atom is 0.416 e. The molecule has 3 saturated heterocycles. The van der Waals surface area contributed by atoms with Crippen LogP contribution in [0.15, 0.2) is 36.4 Å². The number of rotatable bonds is 7. The minimum Gasteiger partial charge on any atom is -0.342 e. The molecule has 0 radical (unpaired) electrons. The zero-order chi connectivity index (χ0) is 32.4. The summed E-state index contributed by atoms with van der Waals surface area (Å²) < 4.78 is 80.7. The molecule has 0 bridgehead atoms. The molecule has 0 aliphatic carbocycles. The van der Waals surface area contributed by atoms with Gasteiger partial charge in [-0.05, 0) is 119 Å². The minimum absolute atomic E-state index is 0.0828. The number of nitrogens with zero attached hydrogens (tertiary/aromatic N) is 3. The smallest absolute Gasteiger partial charge is 0.342 e. The molecule has 1 amide bonds. The molecule has 3 heterocycles. The third-order valence-electron chi connectivity index (χ3n) is 9.84. The fourth-order valence-electron chi connectivity index (χ4n) is 7.33. The van der Waals surface area contributed by atoms with E-state index in [-0.39, 0.29) is 11.6 Å². The van der Waals surface area contributed by atoms with Crippen molar-refractivity contribution in [2.75, 3.05) is 45.8 Å². The molecular formula is C33H39Cl2F6N3O. The van der Waals surface area contributed by atoms with Gasteiger partial charge >= 0.3 is 12.4 Å². The Bertz CT molecular complexity index is 1310. The van der Waals surface area contributed by atoms with Crippen LogP contribution in [-0.4, -0.2) is 72.5 Å². The number of alkyl halides is 6. The summed E-state index contributed by atoms with van der Waals surface area (Å²) in [5.74, 6) is -0.506. The van der Waals surface area contributed by atoms with Crippen LogP contribution < -0.4 is 0 Å². The molecule has 3 fully saturated rings. The normalized spacial score (nSPS) is 23.0. The van der Waals surface area contributed by atoms with Gasteiger partial charge in [0.25, 0.3) is 0 Å². The summed E-state index contributed by atoms with van der Waals surface area (Å²) >= 11 is 12.7. The van der Waals surface area contributed by atoms with Gasteiger partial charge in [0, 0.05) is 24.5 Å². The van der Waals surface area contributed by atoms with Crippen LogP contribution in [0.4, 0.5) is 26.3 Å². The zero-order valence-electron chi connectivity index (χ0n) is 25.1. The van der Waals surface area contributed by atoms with Crippen molar-refractivity contribution in [2.24, 2.45) is 0 Å². The van der Waals surface area contributed by atoms with Gasteiger partial charge in [0.15, 0.2) is 0 Å². The first kappa shape index (κ1) is 34.3. The van der Waals surface area contributed by atoms with E-state index in [9.17, 15) is 31.1 Å². The molecule has 3 aliphatic heterocycles. The second-order valence-corrected chi connectivity index (χ2v) is 13.7. The fourth-order valence-corrected chi connectivity index (χ4v) is 7.62. The molecule has 0 saturated carbocycles. The molecule has 5 rings (SSSR count). The van der Waals surface area contributed by atoms with Gasteiger partial charge in [-0.2, -0.15) is 26.3 Å². The van der Waals surface area contributed by atoms with E-state index in [1.807, 2.05) is 12.1 Å². The third-order valence-corrected chi connectivity index (χ3v) is 10.6. The average molecular weight is 679 g/mol. The fraction of sp³-hybridized carbons (Fsp3) is 0.606. The van der Waals surface area contributed by atoms with Crippen molar-refractivity contribution in [3.05, 3.63) is 68.7 Å². The molecule has 3 aliphatic rings. The Labute approximate surface area is 270 Å². The van der Waals surface area contributed by atoms with Gasteiger partial charge in [0.2, 0.25) is 5.91 Å². The van der Waals surface area contributed by atoms with Crippen molar-refractivity contribution >= 4 is 29.1 Å². The summed E-state index contributed by atoms with van der Waals surface area (Å²) in [4.78, 5) is 20.2. The standard InChI is InChI=1S/C33H39Cl2F6N3O/c34-28-6-5-24(21-29(28)35)31(10-16-42-14-7-27(8-15-42)43-11-2-1-3-12-43)9-4-13-44(22-31)30(45)19-23-17-25(32(36,37)38)20-26(18-23)33(39,40)41/h5-6,17-18,20-21,27H,1-4,7-16,19,22H2. The lowest BCUT2D eigenvalue weighted by Crippen LogP contribution is -2.51. The van der Waals surface area contributed by atoms with Crippen LogP contribution in [0.3, 0.4) is 0 Å². The number of halogens is 8. The van der Waals surface area contributed by atoms with Crippen LogP contribution in [0.2, 0.25) is 10.0 Å². The summed E-state index contributed by atoms with van der Waals surface area (Å²) in [6.07, 6.45) is -2.33. The van der Waals surface area contributed by atoms with Crippen LogP contribution >= 0.6 is 23.2 Å². The Hall–Kier alpha value is -2.01. The molecule has 248 valence electrons. The van der Waals surface area contributed by atoms with E-state index < -0.39 is 41.2 Å². The quantitative estimate of drug-likeness (QED) is 0.275. The van der Waals surface area contributed by atoms with E-state index in [2.05, 4.69) is 9.80 Å². The van der Waals surface area contributed by atoms with Crippen molar-refractivity contribution < 1.29 is 31.1 Å². The van der Waals surface area contributed by atoms with Crippen LogP contribution in [0.5, 0.6) is 0 Å². The molecular weight excluding hydrogens is 639 g/mol. The number of hydrogen-bond donors (Lipinski definition) is 0. The van der Waals surface area contributed by atoms with E-state index in [1.165, 1.54) is 32.4 Å². The number of piperidine rings is 3. The second kappa shape index (κ2) is 14.0. The van der Waals surface area contributed by atoms with Gasteiger partial charge in [-0.3, -0.25) is 4.79 Å². The first-order valence-corrected chi connectivity index (χ1v) is 16.5. The first-order chi connectivity index (χ1) is 21.2. The molecule has 2 aromatic rings. The van der Waals surface area contributed by atoms with Gasteiger partial charge in [-0.15, -0.1) is 0 Å². The predicted molar refractivity (Wildman–Crippen MR) is 164 cm³/mol. The van der Waals surface area contributed by atoms with E-state index in [0.29, 0.717) is 47.7 Å². The number of amides is 1. The maximum atomic E-state index is 13.5. The summed E-state index contributed by atoms with van der Waals surface area (Å²) in [7, 11) is 0. The molecule has 0 spiro atoms. The van der Waals surface area contributed by atoms with Crippen molar-refractivity contribution in [3.8, 4) is 0 Å². The second-order valence-electron chi connectivity index (χ2n) is 12.8. The summed E-state index contributed by atoms with van der Waals surface area (Å²) in [5.41, 5.74) is -2.72. The van der Waals surface area contributed by atoms with Crippen LogP contribution in [0.25, 0.3) is 0 Å². The molecule has 1 unspecified atom stereocenters. The van der Waals surface area contributed by atoms with Gasteiger partial charge < -0.3 is 14.7 Å². The Balaban J connectivity index is 1.32. The molecule has 0 N–H and O–H groups in total. The summed E-state index contributed by atoms with van der Waals surface area (Å²) in [6.45, 7) is 5.78. The molecule has 1 atom stereocenters. The average Bonchev–Trinajstić information content (AvgIpc) is 3.01. The van der Waals surface area contributed by atoms with Gasteiger partial charge in [0.05, 0.1) is 27.6 Å². The predicted octanol–water partition coefficient (Wildman–Crippen LogP) is 8.47. The third kappa shape index (κ3) is 8.48. The van der Waals surface area contributed by atoms with E-state index >= 15 is 0 Å². The highest BCUT2D eigenvalue weighted by Crippen LogP contribution is 2.41. The molecule has 2 aromatic carbocycles. The number of benzene rings is 2. The Kier molecular flexibility index (Phi) is 10.7. The SMILES string of the molecule is O=C(Cc1cc(C(F)(F)F)cc(C(F)(F)F)c1)N1CCCC(CCN2CCC(N3CCCCC3)CC2)(c2ccc(Cl)c(Cl)c2)C1. The van der Waals surface area contributed by atoms with Crippen molar-refractivity contribution in [3.63, 3.8) is 0 Å². The summed E-state index contributed by atoms with van der Waals surface area (Å²) in [6, 6.07) is 7.43. The van der Waals surface area contributed by atoms with Gasteiger partial charge in [-0.25, -0.2) is 0 Å². The highest BCUT2D eigenvalue weighted by Gasteiger charge is 2.41. The van der Waals surface area contributed by atoms with Crippen LogP contribution in [0.1, 0.15) is 73.6 Å². The van der Waals surface area contributed by atoms with E-state index in [0.717, 1.165) is 50.9 Å². The maximum absolute atomic E-state index is 13.5. The van der Waals surface area contributed by atoms with Crippen molar-refractivity contribution in [1.29, 1.82) is 0 Å². The Morgan fingerprint density at radius 1 is 0.800 bits per heavy atom. The number of likely N-dealkylation sites (tertiary alicyclic amines) is 3. The number of carbonyl (C=O) groups is 1. The van der Waals surface area contributed by atoms with Crippen LogP contribution in [0, 0.1) is 0 Å². The molecule has 0 aromatic heterocycles. The lowest BCUT2D eigenvalue weighted by molar-refractivity contribution is -0.143. The van der Waals surface area contributed by atoms with E-state index in [4.69, 9.17) is 23.2 Å². The van der Waals surface area contributed by atoms with Crippen LogP contribution in [-0.2, 0) is 29.0 Å². The Morgan fingerprint density at radius 2 is 1.44 bits per heavy atom. The van der Waals surface area contributed by atoms with Gasteiger partial charge in [-0.1, -0.05) is 35.7 Å². The number of hydrogen-bond acceptors (Lipinski definition) is 3. The molecule has 12 heteroatoms. The topological polar surface area (TPSA) is 26.8 Å². The van der Waals surface area contributed by atoms with E-state index in [1.54, 1.807) is 11.0 Å². The Morgan fingerprint density at radius 3 is 2.04 bits per heavy atom. The zero-order valence-corrected chi connectivity index (χ0v) is 26.6. The lowest BCUT2D eigenvalue weighted by Gasteiger charge is -2.45. The largest absolute Gasteiger partial charge is 0.416 e. The lowest BCUT2D eigenvalue weighted by atomic mass is 9.71. The molecule has 4 nitrogen and oxygen atoms in total. The highest BCUT2D eigenvalue weighted by molar-refractivity contribution is 6.42. The summed E-state index contributed by atoms with van der Waals surface area (Å²) in [5, 5.41) is 0.798. The minimum atomic E-state index is -4.98. The first-order valence-electron chi connectivity index (χ1n) is 15.7. The van der Waals surface area contributed by atoms with Gasteiger partial charge in [0.1, 0.15) is 0 Å².